The van der Waals surface area contributed by atoms with E-state index in [-0.39, 0.29) is 12.4 Å². The van der Waals surface area contributed by atoms with Gasteiger partial charge in [-0.1, -0.05) is 35.5 Å². The average Bonchev–Trinajstić information content (AvgIpc) is 3.32. The number of hydrogen-bond donors (Lipinski definition) is 1. The zero-order chi connectivity index (χ0) is 18.4. The lowest BCUT2D eigenvalue weighted by Gasteiger charge is -2.17. The Bertz CT molecular complexity index is 855. The number of benzene rings is 1. The van der Waals surface area contributed by atoms with E-state index in [0.717, 1.165) is 5.56 Å². The van der Waals surface area contributed by atoms with E-state index < -0.39 is 17.9 Å². The predicted octanol–water partition coefficient (Wildman–Crippen LogP) is 2.66. The smallest absolute Gasteiger partial charge is 0.329 e. The Morgan fingerprint density at radius 3 is 2.65 bits per heavy atom. The summed E-state index contributed by atoms with van der Waals surface area (Å²) >= 11 is 0. The van der Waals surface area contributed by atoms with E-state index in [9.17, 15) is 9.59 Å². The van der Waals surface area contributed by atoms with Crippen LogP contribution >= 0.6 is 0 Å². The van der Waals surface area contributed by atoms with Crippen LogP contribution in [0, 0.1) is 6.92 Å². The first-order valence-corrected chi connectivity index (χ1v) is 8.09. The lowest BCUT2D eigenvalue weighted by molar-refractivity contribution is -0.147. The van der Waals surface area contributed by atoms with Gasteiger partial charge >= 0.3 is 5.97 Å². The fourth-order valence-corrected chi connectivity index (χ4v) is 2.41. The SMILES string of the molecule is Cc1cc(COC(=O)[C@H](Cc2ccccc2)NC(=O)c2ccco2)on1. The van der Waals surface area contributed by atoms with Gasteiger partial charge in [0.15, 0.2) is 18.1 Å². The van der Waals surface area contributed by atoms with Gasteiger partial charge in [-0.3, -0.25) is 4.79 Å². The maximum atomic E-state index is 12.5. The van der Waals surface area contributed by atoms with Crippen LogP contribution in [0.4, 0.5) is 0 Å². The highest BCUT2D eigenvalue weighted by molar-refractivity contribution is 5.94. The van der Waals surface area contributed by atoms with Crippen LogP contribution < -0.4 is 5.32 Å². The molecule has 0 bridgehead atoms. The van der Waals surface area contributed by atoms with Crippen molar-refractivity contribution in [2.75, 3.05) is 0 Å². The second kappa shape index (κ2) is 8.15. The van der Waals surface area contributed by atoms with Gasteiger partial charge in [0, 0.05) is 12.5 Å². The van der Waals surface area contributed by atoms with E-state index in [1.165, 1.54) is 12.3 Å². The molecule has 7 nitrogen and oxygen atoms in total. The van der Waals surface area contributed by atoms with Crippen molar-refractivity contribution < 1.29 is 23.3 Å². The lowest BCUT2D eigenvalue weighted by Crippen LogP contribution is -2.43. The molecule has 2 heterocycles. The molecule has 0 unspecified atom stereocenters. The molecule has 134 valence electrons. The van der Waals surface area contributed by atoms with Crippen LogP contribution in [0.2, 0.25) is 0 Å². The monoisotopic (exact) mass is 354 g/mol. The molecule has 0 aliphatic rings. The van der Waals surface area contributed by atoms with Crippen molar-refractivity contribution in [3.05, 3.63) is 77.6 Å². The van der Waals surface area contributed by atoms with Crippen molar-refractivity contribution in [3.63, 3.8) is 0 Å². The fraction of sp³-hybridized carbons (Fsp3) is 0.211. The third-order valence-corrected chi connectivity index (χ3v) is 3.65. The second-order valence-electron chi connectivity index (χ2n) is 5.74. The molecular formula is C19H18N2O5. The summed E-state index contributed by atoms with van der Waals surface area (Å²) in [6, 6.07) is 13.3. The number of hydrogen-bond acceptors (Lipinski definition) is 6. The summed E-state index contributed by atoms with van der Waals surface area (Å²) < 4.78 is 15.4. The second-order valence-corrected chi connectivity index (χ2v) is 5.74. The number of furan rings is 1. The van der Waals surface area contributed by atoms with E-state index in [0.29, 0.717) is 17.9 Å². The van der Waals surface area contributed by atoms with Crippen LogP contribution in [0.15, 0.2) is 63.7 Å². The summed E-state index contributed by atoms with van der Waals surface area (Å²) in [5, 5.41) is 6.40. The number of aromatic nitrogens is 1. The highest BCUT2D eigenvalue weighted by Gasteiger charge is 2.24. The Labute approximate surface area is 149 Å². The normalized spacial score (nSPS) is 11.7. The van der Waals surface area contributed by atoms with Crippen molar-refractivity contribution in [1.29, 1.82) is 0 Å². The number of rotatable bonds is 7. The molecule has 1 aromatic carbocycles. The number of carbonyl (C=O) groups is 2. The molecule has 0 aliphatic heterocycles. The summed E-state index contributed by atoms with van der Waals surface area (Å²) in [6.07, 6.45) is 1.69. The molecule has 2 aromatic heterocycles. The van der Waals surface area contributed by atoms with Crippen molar-refractivity contribution in [3.8, 4) is 0 Å². The molecule has 7 heteroatoms. The highest BCUT2D eigenvalue weighted by atomic mass is 16.6. The van der Waals surface area contributed by atoms with Gasteiger partial charge in [-0.2, -0.15) is 0 Å². The number of ether oxygens (including phenoxy) is 1. The molecule has 0 radical (unpaired) electrons. The first kappa shape index (κ1) is 17.5. The number of esters is 1. The standard InChI is InChI=1S/C19H18N2O5/c1-13-10-15(26-21-13)12-25-19(23)16(11-14-6-3-2-4-7-14)20-18(22)17-8-5-9-24-17/h2-10,16H,11-12H2,1H3,(H,20,22)/t16-/m0/s1. The Kier molecular flexibility index (Phi) is 5.48. The van der Waals surface area contributed by atoms with E-state index in [1.54, 1.807) is 19.1 Å². The topological polar surface area (TPSA) is 94.6 Å². The third-order valence-electron chi connectivity index (χ3n) is 3.65. The summed E-state index contributed by atoms with van der Waals surface area (Å²) in [5.74, 6) is -0.486. The Morgan fingerprint density at radius 1 is 1.19 bits per heavy atom. The van der Waals surface area contributed by atoms with E-state index in [1.807, 2.05) is 30.3 Å². The van der Waals surface area contributed by atoms with Crippen molar-refractivity contribution in [1.82, 2.24) is 10.5 Å². The third kappa shape index (κ3) is 4.60. The molecule has 0 fully saturated rings. The number of nitrogens with zero attached hydrogens (tertiary/aromatic N) is 1. The number of nitrogens with one attached hydrogen (secondary N) is 1. The van der Waals surface area contributed by atoms with E-state index in [4.69, 9.17) is 13.7 Å². The van der Waals surface area contributed by atoms with E-state index >= 15 is 0 Å². The molecule has 1 amide bonds. The van der Waals surface area contributed by atoms with Gasteiger partial charge in [-0.05, 0) is 24.6 Å². The van der Waals surface area contributed by atoms with Crippen LogP contribution in [0.3, 0.4) is 0 Å². The van der Waals surface area contributed by atoms with Gasteiger partial charge in [0.25, 0.3) is 5.91 Å². The minimum atomic E-state index is -0.862. The Balaban J connectivity index is 1.68. The zero-order valence-corrected chi connectivity index (χ0v) is 14.2. The highest BCUT2D eigenvalue weighted by Crippen LogP contribution is 2.09. The van der Waals surface area contributed by atoms with Crippen LogP contribution in [-0.4, -0.2) is 23.1 Å². The van der Waals surface area contributed by atoms with Gasteiger partial charge < -0.3 is 19.0 Å². The molecule has 0 saturated carbocycles. The largest absolute Gasteiger partial charge is 0.459 e. The predicted molar refractivity (Wildman–Crippen MR) is 91.1 cm³/mol. The maximum Gasteiger partial charge on any atom is 0.329 e. The molecular weight excluding hydrogens is 336 g/mol. The van der Waals surface area contributed by atoms with E-state index in [2.05, 4.69) is 10.5 Å². The Morgan fingerprint density at radius 2 is 2.00 bits per heavy atom. The molecule has 1 N–H and O–H groups in total. The minimum Gasteiger partial charge on any atom is -0.459 e. The first-order chi connectivity index (χ1) is 12.6. The zero-order valence-electron chi connectivity index (χ0n) is 14.2. The number of aryl methyl sites for hydroxylation is 1. The average molecular weight is 354 g/mol. The van der Waals surface area contributed by atoms with Crippen molar-refractivity contribution in [2.45, 2.75) is 26.0 Å². The first-order valence-electron chi connectivity index (χ1n) is 8.09. The van der Waals surface area contributed by atoms with Gasteiger partial charge in [0.05, 0.1) is 12.0 Å². The van der Waals surface area contributed by atoms with Crippen LogP contribution in [0.5, 0.6) is 0 Å². The summed E-state index contributed by atoms with van der Waals surface area (Å²) in [6.45, 7) is 1.72. The number of amides is 1. The molecule has 3 rings (SSSR count). The molecule has 0 spiro atoms. The molecule has 1 atom stereocenters. The molecule has 3 aromatic rings. The molecule has 0 saturated heterocycles. The quantitative estimate of drug-likeness (QED) is 0.656. The summed E-state index contributed by atoms with van der Waals surface area (Å²) in [5.41, 5.74) is 1.59. The Hall–Kier alpha value is -3.35. The van der Waals surface area contributed by atoms with Crippen LogP contribution in [0.1, 0.15) is 27.6 Å². The minimum absolute atomic E-state index is 0.0540. The fourth-order valence-electron chi connectivity index (χ4n) is 2.41. The van der Waals surface area contributed by atoms with Gasteiger partial charge in [-0.25, -0.2) is 4.79 Å². The molecule has 26 heavy (non-hydrogen) atoms. The summed E-state index contributed by atoms with van der Waals surface area (Å²) in [7, 11) is 0. The van der Waals surface area contributed by atoms with Crippen LogP contribution in [-0.2, 0) is 22.6 Å². The summed E-state index contributed by atoms with van der Waals surface area (Å²) in [4.78, 5) is 24.8. The van der Waals surface area contributed by atoms with Gasteiger partial charge in [0.2, 0.25) is 0 Å². The van der Waals surface area contributed by atoms with Gasteiger partial charge in [0.1, 0.15) is 6.04 Å². The van der Waals surface area contributed by atoms with Gasteiger partial charge in [-0.15, -0.1) is 0 Å². The lowest BCUT2D eigenvalue weighted by atomic mass is 10.1. The molecule has 0 aliphatic carbocycles. The maximum absolute atomic E-state index is 12.5. The van der Waals surface area contributed by atoms with Crippen molar-refractivity contribution in [2.24, 2.45) is 0 Å². The van der Waals surface area contributed by atoms with Crippen molar-refractivity contribution >= 4 is 11.9 Å². The number of carbonyl (C=O) groups excluding carboxylic acids is 2. The van der Waals surface area contributed by atoms with Crippen LogP contribution in [0.25, 0.3) is 0 Å².